The standard InChI is InChI=1S/C12H30N4.CH2O2.ClHO4.Cu/c1-13(2)7-10-16(11-8-14(3)4)12-9-15(5)6;2-1-3;2-1(3,4)5;/h7-12H2,1-6H3;1H,(H,2,3);(H,2,3,4,5);/q;;;+2/p-2. The normalized spacial score (nSPS) is 10.8. The smallest absolute Gasteiger partial charge is 0.554 e. The van der Waals surface area contributed by atoms with E-state index in [-0.39, 0.29) is 17.1 Å². The van der Waals surface area contributed by atoms with Crippen LogP contribution >= 0.6 is 0 Å². The zero-order chi connectivity index (χ0) is 19.8. The summed E-state index contributed by atoms with van der Waals surface area (Å²) >= 11 is 0. The Kier molecular flexibility index (Phi) is 26.4. The van der Waals surface area contributed by atoms with Crippen molar-refractivity contribution in [3.63, 3.8) is 0 Å². The van der Waals surface area contributed by atoms with Gasteiger partial charge < -0.3 is 24.6 Å². The average Bonchev–Trinajstić information content (AvgIpc) is 2.36. The average molecular weight is 438 g/mol. The van der Waals surface area contributed by atoms with Crippen LogP contribution in [0.25, 0.3) is 0 Å². The minimum Gasteiger partial charge on any atom is -0.554 e. The maximum Gasteiger partial charge on any atom is 2.00 e. The molecule has 0 saturated heterocycles. The molecule has 0 aromatic rings. The maximum atomic E-state index is 8.49. The number of halogens is 1. The summed E-state index contributed by atoms with van der Waals surface area (Å²) in [5, 5.41) is 8.25. The van der Waals surface area contributed by atoms with Gasteiger partial charge in [-0.3, -0.25) is 4.90 Å². The molecular weight excluding hydrogens is 407 g/mol. The number of rotatable bonds is 9. The third-order valence-electron chi connectivity index (χ3n) is 2.59. The first-order chi connectivity index (χ1) is 10.8. The summed E-state index contributed by atoms with van der Waals surface area (Å²) in [5.74, 6) is 0. The number of carbonyl (C=O) groups is 1. The van der Waals surface area contributed by atoms with E-state index in [1.54, 1.807) is 0 Å². The van der Waals surface area contributed by atoms with Crippen molar-refractivity contribution in [2.24, 2.45) is 0 Å². The van der Waals surface area contributed by atoms with Gasteiger partial charge in [0, 0.05) is 45.7 Å². The summed E-state index contributed by atoms with van der Waals surface area (Å²) in [6, 6.07) is 0. The van der Waals surface area contributed by atoms with Gasteiger partial charge in [0.2, 0.25) is 0 Å². The summed E-state index contributed by atoms with van der Waals surface area (Å²) in [6.45, 7) is 6.40. The van der Waals surface area contributed by atoms with E-state index in [1.165, 1.54) is 0 Å². The molecular formula is C13H31ClCuN4O6. The Morgan fingerprint density at radius 1 is 0.680 bits per heavy atom. The van der Waals surface area contributed by atoms with Gasteiger partial charge in [0.1, 0.15) is 0 Å². The van der Waals surface area contributed by atoms with E-state index in [9.17, 15) is 0 Å². The Bertz CT molecular complexity index is 249. The number of nitrogens with zero attached hydrogens (tertiary/aromatic N) is 4. The van der Waals surface area contributed by atoms with Gasteiger partial charge in [-0.15, -0.1) is 10.2 Å². The number of hydrogen-bond donors (Lipinski definition) is 0. The Morgan fingerprint density at radius 2 is 0.840 bits per heavy atom. The molecule has 0 fully saturated rings. The van der Waals surface area contributed by atoms with Gasteiger partial charge in [-0.25, -0.2) is 18.6 Å². The first kappa shape index (κ1) is 32.6. The van der Waals surface area contributed by atoms with Crippen LogP contribution in [-0.2, 0) is 21.9 Å². The monoisotopic (exact) mass is 437 g/mol. The molecule has 0 spiro atoms. The Hall–Kier alpha value is -0.0405. The van der Waals surface area contributed by atoms with E-state index in [0.29, 0.717) is 0 Å². The second-order valence-electron chi connectivity index (χ2n) is 5.73. The van der Waals surface area contributed by atoms with Gasteiger partial charge >= 0.3 is 17.1 Å². The molecule has 0 bridgehead atoms. The van der Waals surface area contributed by atoms with Crippen molar-refractivity contribution in [3.05, 3.63) is 0 Å². The van der Waals surface area contributed by atoms with Crippen molar-refractivity contribution >= 4 is 6.47 Å². The molecule has 0 rings (SSSR count). The first-order valence-corrected chi connectivity index (χ1v) is 8.40. The van der Waals surface area contributed by atoms with Crippen LogP contribution in [-0.4, -0.2) is 108 Å². The van der Waals surface area contributed by atoms with Gasteiger partial charge in [-0.05, 0) is 42.3 Å². The predicted octanol–water partition coefficient (Wildman–Crippen LogP) is -6.42. The van der Waals surface area contributed by atoms with Crippen LogP contribution in [0.3, 0.4) is 0 Å². The summed E-state index contributed by atoms with van der Waals surface area (Å²) in [4.78, 5) is 17.5. The van der Waals surface area contributed by atoms with Crippen LogP contribution in [0.15, 0.2) is 0 Å². The van der Waals surface area contributed by atoms with Crippen LogP contribution in [0.2, 0.25) is 0 Å². The topological polar surface area (TPSA) is 145 Å². The molecule has 25 heavy (non-hydrogen) atoms. The Labute approximate surface area is 163 Å². The SMILES string of the molecule is CN(C)CCN(CCN(C)C)CCN(C)C.O=C[O-].[Cu+2].[O-][Cl+3]([O-])([O-])[O-]. The first-order valence-electron chi connectivity index (χ1n) is 7.17. The minimum atomic E-state index is -4.94. The molecule has 0 aliphatic heterocycles. The van der Waals surface area contributed by atoms with E-state index in [2.05, 4.69) is 61.9 Å². The molecule has 0 atom stereocenters. The second-order valence-corrected chi connectivity index (χ2v) is 6.48. The van der Waals surface area contributed by atoms with Crippen LogP contribution in [0, 0.1) is 10.2 Å². The molecule has 157 valence electrons. The third kappa shape index (κ3) is 51.6. The van der Waals surface area contributed by atoms with Gasteiger partial charge in [-0.1, -0.05) is 0 Å². The molecule has 0 aliphatic rings. The number of hydrogen-bond acceptors (Lipinski definition) is 10. The molecule has 1 radical (unpaired) electrons. The van der Waals surface area contributed by atoms with Crippen LogP contribution in [0.4, 0.5) is 0 Å². The van der Waals surface area contributed by atoms with Crippen molar-refractivity contribution in [3.8, 4) is 0 Å². The molecule has 0 aromatic heterocycles. The summed E-state index contributed by atoms with van der Waals surface area (Å²) in [7, 11) is 7.87. The fraction of sp³-hybridized carbons (Fsp3) is 0.923. The zero-order valence-corrected chi connectivity index (χ0v) is 17.4. The van der Waals surface area contributed by atoms with E-state index in [4.69, 9.17) is 28.5 Å². The molecule has 0 aliphatic carbocycles. The van der Waals surface area contributed by atoms with Crippen LogP contribution in [0.1, 0.15) is 0 Å². The number of carboxylic acid groups (broad SMARTS) is 1. The van der Waals surface area contributed by atoms with Gasteiger partial charge in [0.25, 0.3) is 0 Å². The van der Waals surface area contributed by atoms with E-state index in [0.717, 1.165) is 39.3 Å². The van der Waals surface area contributed by atoms with Crippen molar-refractivity contribution in [1.82, 2.24) is 19.6 Å². The van der Waals surface area contributed by atoms with Gasteiger partial charge in [0.05, 0.1) is 0 Å². The fourth-order valence-corrected chi connectivity index (χ4v) is 1.36. The van der Waals surface area contributed by atoms with Crippen molar-refractivity contribution in [1.29, 1.82) is 0 Å². The third-order valence-corrected chi connectivity index (χ3v) is 2.59. The van der Waals surface area contributed by atoms with E-state index in [1.807, 2.05) is 0 Å². The Morgan fingerprint density at radius 3 is 0.960 bits per heavy atom. The molecule has 0 unspecified atom stereocenters. The zero-order valence-electron chi connectivity index (χ0n) is 15.7. The quantitative estimate of drug-likeness (QED) is 0.252. The number of likely N-dealkylation sites (N-methyl/N-ethyl adjacent to an activating group) is 3. The molecule has 0 amide bonds. The van der Waals surface area contributed by atoms with Crippen molar-refractivity contribution in [2.75, 3.05) is 81.6 Å². The minimum absolute atomic E-state index is 0. The van der Waals surface area contributed by atoms with Crippen LogP contribution < -0.4 is 23.7 Å². The summed E-state index contributed by atoms with van der Waals surface area (Å²) in [6.07, 6.45) is 0. The van der Waals surface area contributed by atoms with E-state index >= 15 is 0 Å². The Balaban J connectivity index is -0.000000206. The molecule has 12 heteroatoms. The largest absolute Gasteiger partial charge is 2.00 e. The second kappa shape index (κ2) is 20.3. The fourth-order valence-electron chi connectivity index (χ4n) is 1.36. The summed E-state index contributed by atoms with van der Waals surface area (Å²) in [5.41, 5.74) is 0. The van der Waals surface area contributed by atoms with Gasteiger partial charge in [-0.2, -0.15) is 0 Å². The molecule has 0 heterocycles. The van der Waals surface area contributed by atoms with Gasteiger partial charge in [0.15, 0.2) is 0 Å². The van der Waals surface area contributed by atoms with Crippen molar-refractivity contribution < 1.29 is 55.8 Å². The maximum absolute atomic E-state index is 8.49. The van der Waals surface area contributed by atoms with E-state index < -0.39 is 16.7 Å². The predicted molar refractivity (Wildman–Crippen MR) is 78.2 cm³/mol. The van der Waals surface area contributed by atoms with Crippen LogP contribution in [0.5, 0.6) is 0 Å². The summed E-state index contributed by atoms with van der Waals surface area (Å²) < 4.78 is 34.0. The molecule has 0 saturated carbocycles. The molecule has 0 aromatic carbocycles. The molecule has 10 nitrogen and oxygen atoms in total. The molecule has 0 N–H and O–H groups in total. The van der Waals surface area contributed by atoms with Crippen molar-refractivity contribution in [2.45, 2.75) is 0 Å². The number of carbonyl (C=O) groups excluding carboxylic acids is 1.